The lowest BCUT2D eigenvalue weighted by Crippen LogP contribution is -2.37. The molecule has 0 saturated carbocycles. The number of hydrogen-bond donors (Lipinski definition) is 1. The van der Waals surface area contributed by atoms with Gasteiger partial charge in [0.25, 0.3) is 0 Å². The summed E-state index contributed by atoms with van der Waals surface area (Å²) >= 11 is 1.38. The average molecular weight is 488 g/mol. The van der Waals surface area contributed by atoms with Crippen molar-refractivity contribution in [3.63, 3.8) is 0 Å². The second-order valence-electron chi connectivity index (χ2n) is 7.30. The quantitative estimate of drug-likeness (QED) is 0.409. The van der Waals surface area contributed by atoms with Crippen molar-refractivity contribution in [3.8, 4) is 0 Å². The minimum absolute atomic E-state index is 0.0255. The Morgan fingerprint density at radius 1 is 1.03 bits per heavy atom. The predicted molar refractivity (Wildman–Crippen MR) is 123 cm³/mol. The van der Waals surface area contributed by atoms with Gasteiger partial charge in [0, 0.05) is 18.3 Å². The number of carbonyl (C=O) groups excluding carboxylic acids is 1. The van der Waals surface area contributed by atoms with Crippen LogP contribution in [0.3, 0.4) is 0 Å². The van der Waals surface area contributed by atoms with Gasteiger partial charge in [-0.2, -0.15) is 4.31 Å². The molecule has 1 aromatic heterocycles. The second-order valence-corrected chi connectivity index (χ2v) is 10.5. The molecule has 0 fully saturated rings. The van der Waals surface area contributed by atoms with Gasteiger partial charge in [0.05, 0.1) is 26.7 Å². The van der Waals surface area contributed by atoms with Crippen LogP contribution in [0.15, 0.2) is 71.6 Å². The number of fused-ring (bicyclic) bond motifs is 1. The molecule has 4 rings (SSSR count). The molecule has 0 bridgehead atoms. The minimum atomic E-state index is -4.07. The first-order chi connectivity index (χ1) is 15.7. The number of aromatic nitrogens is 1. The summed E-state index contributed by atoms with van der Waals surface area (Å²) < 4.78 is 55.4. The van der Waals surface area contributed by atoms with Gasteiger partial charge in [-0.25, -0.2) is 22.2 Å². The molecule has 3 aromatic carbocycles. The van der Waals surface area contributed by atoms with E-state index in [1.807, 2.05) is 6.92 Å². The van der Waals surface area contributed by atoms with Gasteiger partial charge in [0.15, 0.2) is 11.6 Å². The number of benzene rings is 3. The molecule has 10 heteroatoms. The van der Waals surface area contributed by atoms with E-state index in [1.54, 1.807) is 42.5 Å². The molecule has 0 aliphatic heterocycles. The molecular weight excluding hydrogens is 468 g/mol. The van der Waals surface area contributed by atoms with Gasteiger partial charge in [0.1, 0.15) is 0 Å². The van der Waals surface area contributed by atoms with E-state index in [9.17, 15) is 22.0 Å². The zero-order valence-electron chi connectivity index (χ0n) is 17.5. The van der Waals surface area contributed by atoms with Crippen molar-refractivity contribution in [2.24, 2.45) is 0 Å². The van der Waals surface area contributed by atoms with Gasteiger partial charge < -0.3 is 5.32 Å². The molecule has 6 nitrogen and oxygen atoms in total. The summed E-state index contributed by atoms with van der Waals surface area (Å²) in [4.78, 5) is 17.0. The van der Waals surface area contributed by atoms with Crippen molar-refractivity contribution in [2.75, 3.05) is 11.9 Å². The van der Waals surface area contributed by atoms with Gasteiger partial charge in [-0.1, -0.05) is 30.3 Å². The Hall–Kier alpha value is -3.21. The Morgan fingerprint density at radius 2 is 1.79 bits per heavy atom. The third kappa shape index (κ3) is 5.24. The number of hydrogen-bond acceptors (Lipinski definition) is 5. The highest BCUT2D eigenvalue weighted by Gasteiger charge is 2.27. The molecule has 0 aliphatic carbocycles. The van der Waals surface area contributed by atoms with Gasteiger partial charge in [-0.05, 0) is 42.8 Å². The van der Waals surface area contributed by atoms with E-state index in [2.05, 4.69) is 10.3 Å². The fraction of sp³-hybridized carbons (Fsp3) is 0.130. The fourth-order valence-electron chi connectivity index (χ4n) is 3.28. The van der Waals surface area contributed by atoms with E-state index in [0.29, 0.717) is 11.1 Å². The molecule has 1 N–H and O–H groups in total. The van der Waals surface area contributed by atoms with Crippen LogP contribution >= 0.6 is 11.3 Å². The number of carbonyl (C=O) groups is 1. The van der Waals surface area contributed by atoms with Gasteiger partial charge >= 0.3 is 0 Å². The smallest absolute Gasteiger partial charge is 0.243 e. The molecule has 0 aliphatic rings. The first-order valence-corrected chi connectivity index (χ1v) is 12.1. The monoisotopic (exact) mass is 487 g/mol. The summed E-state index contributed by atoms with van der Waals surface area (Å²) in [5.41, 5.74) is 1.41. The number of nitrogens with zero attached hydrogens (tertiary/aromatic N) is 2. The van der Waals surface area contributed by atoms with Crippen molar-refractivity contribution < 1.29 is 22.0 Å². The normalized spacial score (nSPS) is 11.8. The Kier molecular flexibility index (Phi) is 6.50. The first-order valence-electron chi connectivity index (χ1n) is 9.88. The lowest BCUT2D eigenvalue weighted by atomic mass is 10.2. The maximum absolute atomic E-state index is 13.5. The highest BCUT2D eigenvalue weighted by molar-refractivity contribution is 7.89. The molecule has 4 aromatic rings. The lowest BCUT2D eigenvalue weighted by molar-refractivity contribution is -0.116. The van der Waals surface area contributed by atoms with E-state index < -0.39 is 34.1 Å². The van der Waals surface area contributed by atoms with Crippen molar-refractivity contribution in [3.05, 3.63) is 88.9 Å². The predicted octanol–water partition coefficient (Wildman–Crippen LogP) is 4.71. The van der Waals surface area contributed by atoms with Crippen molar-refractivity contribution in [2.45, 2.75) is 18.4 Å². The van der Waals surface area contributed by atoms with E-state index in [1.165, 1.54) is 23.5 Å². The third-order valence-electron chi connectivity index (χ3n) is 4.83. The summed E-state index contributed by atoms with van der Waals surface area (Å²) in [7, 11) is -4.07. The number of amides is 1. The Labute approximate surface area is 193 Å². The van der Waals surface area contributed by atoms with Crippen LogP contribution in [0.25, 0.3) is 10.2 Å². The standard InChI is InChI=1S/C23H19F2N3O3S2/c1-15-26-21-10-8-18(12-22(21)32-15)33(30,31)28(13-16-5-3-2-4-6-16)14-23(29)27-17-7-9-19(24)20(25)11-17/h2-12H,13-14H2,1H3,(H,27,29). The number of nitrogens with one attached hydrogen (secondary N) is 1. The van der Waals surface area contributed by atoms with Crippen LogP contribution in [0.5, 0.6) is 0 Å². The molecule has 1 amide bonds. The van der Waals surface area contributed by atoms with Crippen molar-refractivity contribution in [1.82, 2.24) is 9.29 Å². The minimum Gasteiger partial charge on any atom is -0.325 e. The Bertz CT molecular complexity index is 1420. The summed E-state index contributed by atoms with van der Waals surface area (Å²) in [6.07, 6.45) is 0. The largest absolute Gasteiger partial charge is 0.325 e. The molecule has 0 spiro atoms. The summed E-state index contributed by atoms with van der Waals surface area (Å²) in [5, 5.41) is 3.23. The topological polar surface area (TPSA) is 79.4 Å². The third-order valence-corrected chi connectivity index (χ3v) is 7.55. The molecule has 0 saturated heterocycles. The SMILES string of the molecule is Cc1nc2ccc(S(=O)(=O)N(CC(=O)Nc3ccc(F)c(F)c3)Cc3ccccc3)cc2s1. The summed E-state index contributed by atoms with van der Waals surface area (Å²) in [5.74, 6) is -2.85. The average Bonchev–Trinajstić information content (AvgIpc) is 3.16. The van der Waals surface area contributed by atoms with Gasteiger partial charge in [-0.15, -0.1) is 11.3 Å². The molecule has 170 valence electrons. The van der Waals surface area contributed by atoms with Crippen LogP contribution in [0, 0.1) is 18.6 Å². The van der Waals surface area contributed by atoms with Crippen molar-refractivity contribution in [1.29, 1.82) is 0 Å². The number of aryl methyl sites for hydroxylation is 1. The van der Waals surface area contributed by atoms with Gasteiger partial charge in [0.2, 0.25) is 15.9 Å². The highest BCUT2D eigenvalue weighted by Crippen LogP contribution is 2.27. The van der Waals surface area contributed by atoms with Crippen LogP contribution in [0.1, 0.15) is 10.6 Å². The number of rotatable bonds is 7. The first kappa shape index (κ1) is 23.0. The Balaban J connectivity index is 1.64. The van der Waals surface area contributed by atoms with E-state index >= 15 is 0 Å². The van der Waals surface area contributed by atoms with Gasteiger partial charge in [-0.3, -0.25) is 4.79 Å². The van der Waals surface area contributed by atoms with Crippen LogP contribution in [0.4, 0.5) is 14.5 Å². The highest BCUT2D eigenvalue weighted by atomic mass is 32.2. The molecule has 33 heavy (non-hydrogen) atoms. The lowest BCUT2D eigenvalue weighted by Gasteiger charge is -2.22. The molecular formula is C23H19F2N3O3S2. The van der Waals surface area contributed by atoms with Crippen LogP contribution < -0.4 is 5.32 Å². The second kappa shape index (κ2) is 9.34. The number of anilines is 1. The van der Waals surface area contributed by atoms with Crippen LogP contribution in [-0.4, -0.2) is 30.2 Å². The molecule has 0 radical (unpaired) electrons. The maximum atomic E-state index is 13.5. The fourth-order valence-corrected chi connectivity index (χ4v) is 5.63. The van der Waals surface area contributed by atoms with Crippen LogP contribution in [0.2, 0.25) is 0 Å². The van der Waals surface area contributed by atoms with Crippen LogP contribution in [-0.2, 0) is 21.4 Å². The Morgan fingerprint density at radius 3 is 2.52 bits per heavy atom. The maximum Gasteiger partial charge on any atom is 0.243 e. The van der Waals surface area contributed by atoms with E-state index in [-0.39, 0.29) is 17.1 Å². The molecule has 1 heterocycles. The number of sulfonamides is 1. The molecule has 0 unspecified atom stereocenters. The number of thiazole rings is 1. The zero-order chi connectivity index (χ0) is 23.6. The molecule has 0 atom stereocenters. The van der Waals surface area contributed by atoms with Crippen molar-refractivity contribution >= 4 is 43.2 Å². The summed E-state index contributed by atoms with van der Waals surface area (Å²) in [6.45, 7) is 1.27. The summed E-state index contributed by atoms with van der Waals surface area (Å²) in [6, 6.07) is 16.4. The number of halogens is 2. The zero-order valence-corrected chi connectivity index (χ0v) is 19.1. The van der Waals surface area contributed by atoms with E-state index in [0.717, 1.165) is 26.1 Å². The van der Waals surface area contributed by atoms with E-state index in [4.69, 9.17) is 0 Å².